The summed E-state index contributed by atoms with van der Waals surface area (Å²) in [5, 5.41) is 7.08. The number of carbonyl (C=O) groups excluding carboxylic acids is 1. The average Bonchev–Trinajstić information content (AvgIpc) is 3.19. The smallest absolute Gasteiger partial charge is 0.234 e. The summed E-state index contributed by atoms with van der Waals surface area (Å²) in [6.07, 6.45) is 2.46. The van der Waals surface area contributed by atoms with Crippen molar-refractivity contribution in [3.05, 3.63) is 70.9 Å². The van der Waals surface area contributed by atoms with Crippen molar-refractivity contribution in [2.75, 3.05) is 11.1 Å². The predicted octanol–water partition coefficient (Wildman–Crippen LogP) is 6.27. The average molecular weight is 434 g/mol. The van der Waals surface area contributed by atoms with Crippen LogP contribution >= 0.6 is 23.1 Å². The highest BCUT2D eigenvalue weighted by atomic mass is 32.2. The number of para-hydroxylation sites is 1. The van der Waals surface area contributed by atoms with E-state index in [4.69, 9.17) is 0 Å². The summed E-state index contributed by atoms with van der Waals surface area (Å²) in [5.41, 5.74) is 6.64. The van der Waals surface area contributed by atoms with Gasteiger partial charge >= 0.3 is 0 Å². The number of thioether (sulfide) groups is 1. The largest absolute Gasteiger partial charge is 0.325 e. The molecule has 0 aliphatic carbocycles. The van der Waals surface area contributed by atoms with E-state index in [-0.39, 0.29) is 5.91 Å². The van der Waals surface area contributed by atoms with E-state index in [0.717, 1.165) is 49.6 Å². The zero-order valence-corrected chi connectivity index (χ0v) is 18.9. The Morgan fingerprint density at radius 2 is 1.90 bits per heavy atom. The van der Waals surface area contributed by atoms with Crippen LogP contribution in [0.3, 0.4) is 0 Å². The number of anilines is 1. The van der Waals surface area contributed by atoms with E-state index in [1.54, 1.807) is 17.7 Å². The van der Waals surface area contributed by atoms with Crippen molar-refractivity contribution in [3.8, 4) is 11.1 Å². The molecule has 0 atom stereocenters. The van der Waals surface area contributed by atoms with Gasteiger partial charge in [-0.2, -0.15) is 0 Å². The SMILES string of the molecule is CCc1cccc(C)c1NC(=O)CSc1ncnc2scc(-c3ccc(C)cc3)c12. The second kappa shape index (κ2) is 8.98. The zero-order valence-electron chi connectivity index (χ0n) is 17.2. The molecule has 0 radical (unpaired) electrons. The molecular weight excluding hydrogens is 410 g/mol. The first-order chi connectivity index (χ1) is 14.6. The summed E-state index contributed by atoms with van der Waals surface area (Å²) in [6, 6.07) is 14.6. The third-order valence-electron chi connectivity index (χ3n) is 5.04. The van der Waals surface area contributed by atoms with Gasteiger partial charge in [0.2, 0.25) is 5.91 Å². The van der Waals surface area contributed by atoms with Crippen molar-refractivity contribution in [2.24, 2.45) is 0 Å². The minimum atomic E-state index is -0.0251. The Bertz CT molecular complexity index is 1200. The fourth-order valence-electron chi connectivity index (χ4n) is 3.41. The van der Waals surface area contributed by atoms with Crippen LogP contribution in [0.25, 0.3) is 21.3 Å². The van der Waals surface area contributed by atoms with E-state index in [2.05, 4.69) is 64.8 Å². The Balaban J connectivity index is 1.57. The summed E-state index contributed by atoms with van der Waals surface area (Å²) in [4.78, 5) is 22.6. The predicted molar refractivity (Wildman–Crippen MR) is 127 cm³/mol. The van der Waals surface area contributed by atoms with Gasteiger partial charge in [0, 0.05) is 16.6 Å². The first-order valence-electron chi connectivity index (χ1n) is 9.87. The lowest BCUT2D eigenvalue weighted by atomic mass is 10.1. The van der Waals surface area contributed by atoms with Crippen LogP contribution in [0.4, 0.5) is 5.69 Å². The molecule has 1 N–H and O–H groups in total. The molecule has 0 saturated carbocycles. The van der Waals surface area contributed by atoms with Crippen LogP contribution in [0.1, 0.15) is 23.6 Å². The quantitative estimate of drug-likeness (QED) is 0.288. The van der Waals surface area contributed by atoms with Gasteiger partial charge in [0.15, 0.2) is 0 Å². The van der Waals surface area contributed by atoms with Gasteiger partial charge < -0.3 is 5.32 Å². The maximum Gasteiger partial charge on any atom is 0.234 e. The summed E-state index contributed by atoms with van der Waals surface area (Å²) in [5.74, 6) is 0.273. The fraction of sp³-hybridized carbons (Fsp3) is 0.208. The number of hydrogen-bond acceptors (Lipinski definition) is 5. The molecule has 2 aromatic heterocycles. The molecule has 0 unspecified atom stereocenters. The molecule has 4 nitrogen and oxygen atoms in total. The van der Waals surface area contributed by atoms with Crippen molar-refractivity contribution < 1.29 is 4.79 Å². The van der Waals surface area contributed by atoms with E-state index in [9.17, 15) is 4.79 Å². The second-order valence-corrected chi connectivity index (χ2v) is 9.00. The van der Waals surface area contributed by atoms with E-state index in [1.165, 1.54) is 17.3 Å². The molecular formula is C24H23N3OS2. The van der Waals surface area contributed by atoms with Gasteiger partial charge in [-0.05, 0) is 37.0 Å². The van der Waals surface area contributed by atoms with Crippen molar-refractivity contribution in [1.82, 2.24) is 9.97 Å². The first kappa shape index (κ1) is 20.6. The van der Waals surface area contributed by atoms with Crippen LogP contribution in [0.15, 0.2) is 59.2 Å². The highest BCUT2D eigenvalue weighted by molar-refractivity contribution is 8.00. The normalized spacial score (nSPS) is 11.0. The Kier molecular flexibility index (Phi) is 6.16. The maximum absolute atomic E-state index is 12.7. The first-order valence-corrected chi connectivity index (χ1v) is 11.7. The van der Waals surface area contributed by atoms with Crippen molar-refractivity contribution in [2.45, 2.75) is 32.2 Å². The summed E-state index contributed by atoms with van der Waals surface area (Å²) in [7, 11) is 0. The van der Waals surface area contributed by atoms with Crippen molar-refractivity contribution >= 4 is 44.9 Å². The number of rotatable bonds is 6. The van der Waals surface area contributed by atoms with Crippen LogP contribution in [-0.2, 0) is 11.2 Å². The van der Waals surface area contributed by atoms with Crippen LogP contribution in [0.2, 0.25) is 0 Å². The monoisotopic (exact) mass is 433 g/mol. The summed E-state index contributed by atoms with van der Waals surface area (Å²) >= 11 is 3.06. The van der Waals surface area contributed by atoms with Crippen LogP contribution in [0.5, 0.6) is 0 Å². The lowest BCUT2D eigenvalue weighted by Gasteiger charge is -2.13. The number of fused-ring (bicyclic) bond motifs is 1. The molecule has 2 heterocycles. The molecule has 0 fully saturated rings. The molecule has 0 aliphatic heterocycles. The summed E-state index contributed by atoms with van der Waals surface area (Å²) < 4.78 is 0. The number of hydrogen-bond donors (Lipinski definition) is 1. The Hall–Kier alpha value is -2.70. The van der Waals surface area contributed by atoms with E-state index in [0.29, 0.717) is 5.75 Å². The molecule has 0 aliphatic rings. The van der Waals surface area contributed by atoms with Gasteiger partial charge in [-0.3, -0.25) is 4.79 Å². The number of aromatic nitrogens is 2. The molecule has 0 saturated heterocycles. The van der Waals surface area contributed by atoms with Gasteiger partial charge in [0.25, 0.3) is 0 Å². The number of aryl methyl sites for hydroxylation is 3. The number of amides is 1. The van der Waals surface area contributed by atoms with E-state index >= 15 is 0 Å². The molecule has 2 aromatic carbocycles. The molecule has 0 spiro atoms. The van der Waals surface area contributed by atoms with Crippen LogP contribution in [-0.4, -0.2) is 21.6 Å². The second-order valence-electron chi connectivity index (χ2n) is 7.17. The fourth-order valence-corrected chi connectivity index (χ4v) is 5.21. The van der Waals surface area contributed by atoms with Gasteiger partial charge in [-0.25, -0.2) is 9.97 Å². The third kappa shape index (κ3) is 4.25. The van der Waals surface area contributed by atoms with Gasteiger partial charge in [0.1, 0.15) is 16.2 Å². The van der Waals surface area contributed by atoms with Crippen molar-refractivity contribution in [3.63, 3.8) is 0 Å². The van der Waals surface area contributed by atoms with Crippen LogP contribution in [0, 0.1) is 13.8 Å². The Labute approximate surface area is 184 Å². The maximum atomic E-state index is 12.7. The standard InChI is InChI=1S/C24H23N3OS2/c1-4-17-7-5-6-16(3)22(17)27-20(28)13-30-24-21-19(12-29-23(21)25-14-26-24)18-10-8-15(2)9-11-18/h5-12,14H,4,13H2,1-3H3,(H,27,28). The number of thiophene rings is 1. The lowest BCUT2D eigenvalue weighted by Crippen LogP contribution is -2.16. The lowest BCUT2D eigenvalue weighted by molar-refractivity contribution is -0.113. The molecule has 30 heavy (non-hydrogen) atoms. The van der Waals surface area contributed by atoms with E-state index in [1.807, 2.05) is 19.1 Å². The highest BCUT2D eigenvalue weighted by Gasteiger charge is 2.15. The molecule has 0 bridgehead atoms. The molecule has 152 valence electrons. The summed E-state index contributed by atoms with van der Waals surface area (Å²) in [6.45, 7) is 6.20. The minimum Gasteiger partial charge on any atom is -0.325 e. The molecule has 1 amide bonds. The zero-order chi connectivity index (χ0) is 21.1. The van der Waals surface area contributed by atoms with Gasteiger partial charge in [-0.15, -0.1) is 11.3 Å². The van der Waals surface area contributed by atoms with E-state index < -0.39 is 0 Å². The minimum absolute atomic E-state index is 0.0251. The molecule has 4 rings (SSSR count). The number of carbonyl (C=O) groups is 1. The van der Waals surface area contributed by atoms with Gasteiger partial charge in [0.05, 0.1) is 11.1 Å². The Morgan fingerprint density at radius 3 is 2.67 bits per heavy atom. The topological polar surface area (TPSA) is 54.9 Å². The Morgan fingerprint density at radius 1 is 1.10 bits per heavy atom. The molecule has 6 heteroatoms. The highest BCUT2D eigenvalue weighted by Crippen LogP contribution is 2.38. The number of benzene rings is 2. The number of nitrogens with zero attached hydrogens (tertiary/aromatic N) is 2. The van der Waals surface area contributed by atoms with Gasteiger partial charge in [-0.1, -0.05) is 66.7 Å². The molecule has 4 aromatic rings. The third-order valence-corrected chi connectivity index (χ3v) is 6.92. The van der Waals surface area contributed by atoms with Crippen molar-refractivity contribution in [1.29, 1.82) is 0 Å². The number of nitrogens with one attached hydrogen (secondary N) is 1. The van der Waals surface area contributed by atoms with Crippen LogP contribution < -0.4 is 5.32 Å².